The van der Waals surface area contributed by atoms with Crippen LogP contribution in [-0.4, -0.2) is 17.8 Å². The molecule has 0 aliphatic heterocycles. The monoisotopic (exact) mass is 245 g/mol. The number of nitrogens with one attached hydrogen (secondary N) is 1. The highest BCUT2D eigenvalue weighted by molar-refractivity contribution is 6.30. The molecule has 2 N–H and O–H groups in total. The predicted octanol–water partition coefficient (Wildman–Crippen LogP) is 2.90. The zero-order valence-electron chi connectivity index (χ0n) is 9.50. The molecule has 0 saturated heterocycles. The van der Waals surface area contributed by atoms with Crippen molar-refractivity contribution in [2.24, 2.45) is 0 Å². The molecule has 1 unspecified atom stereocenters. The summed E-state index contributed by atoms with van der Waals surface area (Å²) in [7, 11) is 0. The van der Waals surface area contributed by atoms with Gasteiger partial charge in [0.1, 0.15) is 5.82 Å². The van der Waals surface area contributed by atoms with E-state index in [4.69, 9.17) is 11.6 Å². The van der Waals surface area contributed by atoms with E-state index in [2.05, 4.69) is 5.32 Å². The van der Waals surface area contributed by atoms with Crippen molar-refractivity contribution in [3.63, 3.8) is 0 Å². The molecule has 90 valence electrons. The van der Waals surface area contributed by atoms with E-state index in [0.717, 1.165) is 6.42 Å². The van der Waals surface area contributed by atoms with E-state index in [9.17, 15) is 9.50 Å². The number of hydrogen-bond acceptors (Lipinski definition) is 2. The summed E-state index contributed by atoms with van der Waals surface area (Å²) in [4.78, 5) is 0. The van der Waals surface area contributed by atoms with Crippen molar-refractivity contribution in [3.8, 4) is 0 Å². The molecule has 1 rings (SSSR count). The second-order valence-corrected chi connectivity index (χ2v) is 4.27. The number of rotatable bonds is 5. The van der Waals surface area contributed by atoms with Gasteiger partial charge in [0.15, 0.2) is 0 Å². The molecule has 0 fully saturated rings. The summed E-state index contributed by atoms with van der Waals surface area (Å²) in [5, 5.41) is 12.4. The Morgan fingerprint density at radius 2 is 2.19 bits per heavy atom. The minimum absolute atomic E-state index is 0.117. The second-order valence-electron chi connectivity index (χ2n) is 3.86. The van der Waals surface area contributed by atoms with Crippen LogP contribution in [0.25, 0.3) is 0 Å². The van der Waals surface area contributed by atoms with E-state index in [-0.39, 0.29) is 16.9 Å². The predicted molar refractivity (Wildman–Crippen MR) is 64.1 cm³/mol. The third kappa shape index (κ3) is 3.44. The lowest BCUT2D eigenvalue weighted by atomic mass is 10.0. The highest BCUT2D eigenvalue weighted by atomic mass is 35.5. The Kier molecular flexibility index (Phi) is 5.19. The molecule has 0 aliphatic rings. The molecule has 2 nitrogen and oxygen atoms in total. The molecule has 0 saturated carbocycles. The number of aliphatic hydroxyl groups excluding tert-OH is 1. The molecule has 0 heterocycles. The van der Waals surface area contributed by atoms with Crippen molar-refractivity contribution in [1.82, 2.24) is 5.32 Å². The molecule has 0 radical (unpaired) electrons. The highest BCUT2D eigenvalue weighted by Gasteiger charge is 2.15. The molecule has 0 aromatic heterocycles. The van der Waals surface area contributed by atoms with Gasteiger partial charge in [-0.15, -0.1) is 0 Å². The molecule has 0 amide bonds. The standard InChI is InChI=1S/C12H17ClFNO/c1-3-11(15-7-8(2)16)9-5-4-6-10(13)12(9)14/h4-6,8,11,15-16H,3,7H2,1-2H3/t8-,11?/m1/s1. The lowest BCUT2D eigenvalue weighted by Crippen LogP contribution is -2.29. The Labute approximate surface area is 100 Å². The largest absolute Gasteiger partial charge is 0.392 e. The third-order valence-electron chi connectivity index (χ3n) is 2.42. The van der Waals surface area contributed by atoms with Crippen molar-refractivity contribution < 1.29 is 9.50 Å². The Hall–Kier alpha value is -0.640. The summed E-state index contributed by atoms with van der Waals surface area (Å²) in [6, 6.07) is 4.85. The maximum Gasteiger partial charge on any atom is 0.146 e. The van der Waals surface area contributed by atoms with Crippen molar-refractivity contribution in [2.45, 2.75) is 32.4 Å². The number of benzene rings is 1. The van der Waals surface area contributed by atoms with Crippen molar-refractivity contribution in [3.05, 3.63) is 34.6 Å². The topological polar surface area (TPSA) is 32.3 Å². The van der Waals surface area contributed by atoms with Crippen LogP contribution in [0.3, 0.4) is 0 Å². The van der Waals surface area contributed by atoms with Crippen molar-refractivity contribution >= 4 is 11.6 Å². The molecule has 0 aliphatic carbocycles. The Morgan fingerprint density at radius 1 is 1.50 bits per heavy atom. The first-order valence-corrected chi connectivity index (χ1v) is 5.79. The summed E-state index contributed by atoms with van der Waals surface area (Å²) in [5.74, 6) is -0.380. The summed E-state index contributed by atoms with van der Waals surface area (Å²) in [5.41, 5.74) is 0.552. The van der Waals surface area contributed by atoms with Gasteiger partial charge in [0.05, 0.1) is 11.1 Å². The summed E-state index contributed by atoms with van der Waals surface area (Å²) in [6.07, 6.45) is 0.292. The van der Waals surface area contributed by atoms with Gasteiger partial charge in [0, 0.05) is 18.2 Å². The first-order chi connectivity index (χ1) is 7.56. The van der Waals surface area contributed by atoms with Crippen LogP contribution in [0.15, 0.2) is 18.2 Å². The summed E-state index contributed by atoms with van der Waals surface area (Å²) < 4.78 is 13.7. The first-order valence-electron chi connectivity index (χ1n) is 5.41. The fourth-order valence-corrected chi connectivity index (χ4v) is 1.76. The van der Waals surface area contributed by atoms with Gasteiger partial charge in [-0.05, 0) is 19.4 Å². The minimum Gasteiger partial charge on any atom is -0.392 e. The summed E-state index contributed by atoms with van der Waals surface area (Å²) >= 11 is 5.73. The third-order valence-corrected chi connectivity index (χ3v) is 2.72. The molecule has 2 atom stereocenters. The molecule has 4 heteroatoms. The fraction of sp³-hybridized carbons (Fsp3) is 0.500. The lowest BCUT2D eigenvalue weighted by molar-refractivity contribution is 0.185. The number of halogens is 2. The van der Waals surface area contributed by atoms with Gasteiger partial charge in [0.25, 0.3) is 0 Å². The fourth-order valence-electron chi connectivity index (χ4n) is 1.58. The SMILES string of the molecule is CCC(NC[C@@H](C)O)c1cccc(Cl)c1F. The van der Waals surface area contributed by atoms with E-state index in [0.29, 0.717) is 12.1 Å². The van der Waals surface area contributed by atoms with Gasteiger partial charge >= 0.3 is 0 Å². The Balaban J connectivity index is 2.82. The highest BCUT2D eigenvalue weighted by Crippen LogP contribution is 2.25. The molecular weight excluding hydrogens is 229 g/mol. The second kappa shape index (κ2) is 6.18. The van der Waals surface area contributed by atoms with Crippen LogP contribution in [0.4, 0.5) is 4.39 Å². The molecule has 0 bridgehead atoms. The maximum atomic E-state index is 13.7. The number of aliphatic hydroxyl groups is 1. The van der Waals surface area contributed by atoms with Gasteiger partial charge in [-0.25, -0.2) is 4.39 Å². The molecule has 0 spiro atoms. The smallest absolute Gasteiger partial charge is 0.146 e. The van der Waals surface area contributed by atoms with E-state index in [1.807, 2.05) is 6.92 Å². The zero-order chi connectivity index (χ0) is 12.1. The van der Waals surface area contributed by atoms with Crippen LogP contribution >= 0.6 is 11.6 Å². The van der Waals surface area contributed by atoms with Gasteiger partial charge < -0.3 is 10.4 Å². The average Bonchev–Trinajstić information content (AvgIpc) is 2.24. The van der Waals surface area contributed by atoms with Crippen LogP contribution < -0.4 is 5.32 Å². The van der Waals surface area contributed by atoms with Crippen LogP contribution in [0, 0.1) is 5.82 Å². The van der Waals surface area contributed by atoms with Gasteiger partial charge in [-0.1, -0.05) is 30.7 Å². The van der Waals surface area contributed by atoms with Crippen LogP contribution in [-0.2, 0) is 0 Å². The van der Waals surface area contributed by atoms with E-state index in [1.165, 1.54) is 6.07 Å². The van der Waals surface area contributed by atoms with Gasteiger partial charge in [0.2, 0.25) is 0 Å². The number of hydrogen-bond donors (Lipinski definition) is 2. The zero-order valence-corrected chi connectivity index (χ0v) is 10.3. The molecule has 16 heavy (non-hydrogen) atoms. The van der Waals surface area contributed by atoms with Crippen molar-refractivity contribution in [2.75, 3.05) is 6.54 Å². The first kappa shape index (κ1) is 13.4. The van der Waals surface area contributed by atoms with Gasteiger partial charge in [-0.2, -0.15) is 0 Å². The van der Waals surface area contributed by atoms with Crippen LogP contribution in [0.5, 0.6) is 0 Å². The van der Waals surface area contributed by atoms with Crippen molar-refractivity contribution in [1.29, 1.82) is 0 Å². The van der Waals surface area contributed by atoms with E-state index in [1.54, 1.807) is 19.1 Å². The molecule has 1 aromatic rings. The maximum absolute atomic E-state index is 13.7. The summed E-state index contributed by atoms with van der Waals surface area (Å²) in [6.45, 7) is 4.08. The van der Waals surface area contributed by atoms with Crippen LogP contribution in [0.1, 0.15) is 31.9 Å². The lowest BCUT2D eigenvalue weighted by Gasteiger charge is -2.19. The quantitative estimate of drug-likeness (QED) is 0.836. The Morgan fingerprint density at radius 3 is 2.75 bits per heavy atom. The molecule has 1 aromatic carbocycles. The minimum atomic E-state index is -0.448. The Bertz CT molecular complexity index is 344. The van der Waals surface area contributed by atoms with Crippen LogP contribution in [0.2, 0.25) is 5.02 Å². The molecular formula is C12H17ClFNO. The van der Waals surface area contributed by atoms with E-state index >= 15 is 0 Å². The normalized spacial score (nSPS) is 14.8. The average molecular weight is 246 g/mol. The van der Waals surface area contributed by atoms with Gasteiger partial charge in [-0.3, -0.25) is 0 Å². The van der Waals surface area contributed by atoms with E-state index < -0.39 is 6.10 Å².